The monoisotopic (exact) mass is 407 g/mol. The number of hydrogen-bond donors (Lipinski definition) is 3. The molecule has 1 aromatic rings. The molecule has 10 heteroatoms. The van der Waals surface area contributed by atoms with Crippen LogP contribution in [0.2, 0.25) is 0 Å². The van der Waals surface area contributed by atoms with Gasteiger partial charge in [0.2, 0.25) is 15.9 Å². The van der Waals surface area contributed by atoms with Crippen LogP contribution in [0.25, 0.3) is 0 Å². The van der Waals surface area contributed by atoms with Crippen molar-refractivity contribution in [3.8, 4) is 11.5 Å². The molecule has 0 fully saturated rings. The van der Waals surface area contributed by atoms with Gasteiger partial charge in [-0.2, -0.15) is 0 Å². The van der Waals surface area contributed by atoms with E-state index in [2.05, 4.69) is 15.4 Å². The van der Waals surface area contributed by atoms with E-state index in [0.717, 1.165) is 19.4 Å². The topological polar surface area (TPSA) is 106 Å². The zero-order valence-electron chi connectivity index (χ0n) is 14.7. The summed E-state index contributed by atoms with van der Waals surface area (Å²) >= 11 is 0. The van der Waals surface area contributed by atoms with Crippen LogP contribution in [-0.4, -0.2) is 54.2 Å². The van der Waals surface area contributed by atoms with Crippen molar-refractivity contribution in [2.45, 2.75) is 24.2 Å². The smallest absolute Gasteiger partial charge is 0.240 e. The lowest BCUT2D eigenvalue weighted by atomic mass is 10.3. The van der Waals surface area contributed by atoms with Crippen LogP contribution in [0, 0.1) is 0 Å². The van der Waals surface area contributed by atoms with Crippen molar-refractivity contribution >= 4 is 28.3 Å². The fourth-order valence-corrected chi connectivity index (χ4v) is 3.32. The number of fused-ring (bicyclic) bond motifs is 1. The molecule has 3 N–H and O–H groups in total. The minimum absolute atomic E-state index is 0. The molecule has 0 spiro atoms. The molecule has 0 bridgehead atoms. The number of carbonyl (C=O) groups is 1. The molecule has 0 saturated heterocycles. The Hall–Kier alpha value is -1.55. The lowest BCUT2D eigenvalue weighted by Crippen LogP contribution is -2.31. The third-order valence-corrected chi connectivity index (χ3v) is 5.06. The lowest BCUT2D eigenvalue weighted by Gasteiger charge is -2.11. The standard InChI is InChI=1S/C16H25N3O5S.ClH/c1-17-7-2-8-18-16(20)6-9-19-25(21,22)13-4-5-14-15(12-13)24-11-3-10-23-14;/h4-5,12,17,19H,2-3,6-11H2,1H3,(H,18,20);1H. The van der Waals surface area contributed by atoms with Crippen molar-refractivity contribution < 1.29 is 22.7 Å². The number of rotatable bonds is 9. The van der Waals surface area contributed by atoms with Gasteiger partial charge in [-0.15, -0.1) is 12.4 Å². The van der Waals surface area contributed by atoms with Crippen LogP contribution >= 0.6 is 12.4 Å². The normalized spacial score (nSPS) is 13.4. The van der Waals surface area contributed by atoms with Crippen molar-refractivity contribution in [2.75, 3.05) is 39.9 Å². The summed E-state index contributed by atoms with van der Waals surface area (Å²) in [5.41, 5.74) is 0. The van der Waals surface area contributed by atoms with Crippen LogP contribution in [0.5, 0.6) is 11.5 Å². The predicted molar refractivity (Wildman–Crippen MR) is 101 cm³/mol. The summed E-state index contributed by atoms with van der Waals surface area (Å²) in [7, 11) is -1.86. The Morgan fingerprint density at radius 3 is 2.58 bits per heavy atom. The Morgan fingerprint density at radius 2 is 1.85 bits per heavy atom. The van der Waals surface area contributed by atoms with Crippen molar-refractivity contribution in [1.82, 2.24) is 15.4 Å². The van der Waals surface area contributed by atoms with Gasteiger partial charge in [0, 0.05) is 32.0 Å². The summed E-state index contributed by atoms with van der Waals surface area (Å²) in [6.45, 7) is 2.44. The van der Waals surface area contributed by atoms with Crippen molar-refractivity contribution in [2.24, 2.45) is 0 Å². The summed E-state index contributed by atoms with van der Waals surface area (Å²) < 4.78 is 38.1. The van der Waals surface area contributed by atoms with Crippen LogP contribution in [0.4, 0.5) is 0 Å². The fraction of sp³-hybridized carbons (Fsp3) is 0.562. The van der Waals surface area contributed by atoms with Gasteiger partial charge in [0.15, 0.2) is 11.5 Å². The van der Waals surface area contributed by atoms with Gasteiger partial charge < -0.3 is 20.1 Å². The predicted octanol–water partition coefficient (Wildman–Crippen LogP) is 0.664. The third-order valence-electron chi connectivity index (χ3n) is 3.60. The number of nitrogens with one attached hydrogen (secondary N) is 3. The van der Waals surface area contributed by atoms with Gasteiger partial charge in [-0.3, -0.25) is 4.79 Å². The highest BCUT2D eigenvalue weighted by Gasteiger charge is 2.18. The molecule has 1 aliphatic heterocycles. The summed E-state index contributed by atoms with van der Waals surface area (Å²) in [5, 5.41) is 5.73. The van der Waals surface area contributed by atoms with Gasteiger partial charge in [0.05, 0.1) is 18.1 Å². The highest BCUT2D eigenvalue weighted by atomic mass is 35.5. The van der Waals surface area contributed by atoms with Crippen molar-refractivity contribution in [1.29, 1.82) is 0 Å². The van der Waals surface area contributed by atoms with Gasteiger partial charge in [-0.25, -0.2) is 13.1 Å². The van der Waals surface area contributed by atoms with Crippen LogP contribution in [0.3, 0.4) is 0 Å². The summed E-state index contributed by atoms with van der Waals surface area (Å²) in [5.74, 6) is 0.775. The second-order valence-electron chi connectivity index (χ2n) is 5.61. The maximum absolute atomic E-state index is 12.3. The van der Waals surface area contributed by atoms with Crippen LogP contribution < -0.4 is 24.8 Å². The first-order valence-electron chi connectivity index (χ1n) is 8.33. The van der Waals surface area contributed by atoms with E-state index in [1.807, 2.05) is 7.05 Å². The van der Waals surface area contributed by atoms with Gasteiger partial charge >= 0.3 is 0 Å². The molecule has 0 aromatic heterocycles. The minimum Gasteiger partial charge on any atom is -0.490 e. The zero-order valence-corrected chi connectivity index (χ0v) is 16.4. The first-order chi connectivity index (χ1) is 12.0. The minimum atomic E-state index is -3.71. The van der Waals surface area contributed by atoms with E-state index in [1.54, 1.807) is 6.07 Å². The van der Waals surface area contributed by atoms with Gasteiger partial charge in [-0.05, 0) is 32.1 Å². The highest BCUT2D eigenvalue weighted by Crippen LogP contribution is 2.31. The SMILES string of the molecule is CNCCCNC(=O)CCNS(=O)(=O)c1ccc2c(c1)OCCCO2.Cl. The maximum atomic E-state index is 12.3. The molecule has 0 atom stereocenters. The van der Waals surface area contributed by atoms with E-state index >= 15 is 0 Å². The van der Waals surface area contributed by atoms with Crippen LogP contribution in [0.15, 0.2) is 23.1 Å². The molecular formula is C16H26ClN3O5S. The quantitative estimate of drug-likeness (QED) is 0.519. The number of amides is 1. The number of ether oxygens (including phenoxy) is 2. The van der Waals surface area contributed by atoms with Crippen LogP contribution in [0.1, 0.15) is 19.3 Å². The first kappa shape index (κ1) is 22.5. The molecule has 26 heavy (non-hydrogen) atoms. The molecular weight excluding hydrogens is 382 g/mol. The Bertz CT molecular complexity index is 684. The molecule has 1 amide bonds. The van der Waals surface area contributed by atoms with Gasteiger partial charge in [0.25, 0.3) is 0 Å². The molecule has 2 rings (SSSR count). The first-order valence-corrected chi connectivity index (χ1v) is 9.82. The largest absolute Gasteiger partial charge is 0.490 e. The second-order valence-corrected chi connectivity index (χ2v) is 7.38. The van der Waals surface area contributed by atoms with Gasteiger partial charge in [-0.1, -0.05) is 0 Å². The Balaban J connectivity index is 0.00000338. The molecule has 0 saturated carbocycles. The van der Waals surface area contributed by atoms with Crippen molar-refractivity contribution in [3.05, 3.63) is 18.2 Å². The molecule has 148 valence electrons. The lowest BCUT2D eigenvalue weighted by molar-refractivity contribution is -0.120. The third kappa shape index (κ3) is 6.99. The van der Waals surface area contributed by atoms with Gasteiger partial charge in [0.1, 0.15) is 0 Å². The van der Waals surface area contributed by atoms with E-state index in [1.165, 1.54) is 12.1 Å². The Labute approximate surface area is 160 Å². The maximum Gasteiger partial charge on any atom is 0.240 e. The van der Waals surface area contributed by atoms with E-state index < -0.39 is 10.0 Å². The Kier molecular flexibility index (Phi) is 9.71. The number of benzene rings is 1. The molecule has 1 aliphatic rings. The van der Waals surface area contributed by atoms with E-state index in [9.17, 15) is 13.2 Å². The number of halogens is 1. The highest BCUT2D eigenvalue weighted by molar-refractivity contribution is 7.89. The van der Waals surface area contributed by atoms with Crippen LogP contribution in [-0.2, 0) is 14.8 Å². The number of sulfonamides is 1. The molecule has 0 unspecified atom stereocenters. The van der Waals surface area contributed by atoms with E-state index in [4.69, 9.17) is 9.47 Å². The molecule has 1 heterocycles. The summed E-state index contributed by atoms with van der Waals surface area (Å²) in [6, 6.07) is 4.50. The second kappa shape index (κ2) is 11.2. The number of carbonyl (C=O) groups excluding carboxylic acids is 1. The zero-order chi connectivity index (χ0) is 18.1. The van der Waals surface area contributed by atoms with E-state index in [-0.39, 0.29) is 36.2 Å². The fourth-order valence-electron chi connectivity index (χ4n) is 2.27. The molecule has 0 radical (unpaired) electrons. The number of hydrogen-bond acceptors (Lipinski definition) is 6. The summed E-state index contributed by atoms with van der Waals surface area (Å²) in [6.07, 6.45) is 1.66. The summed E-state index contributed by atoms with van der Waals surface area (Å²) in [4.78, 5) is 11.7. The average molecular weight is 408 g/mol. The Morgan fingerprint density at radius 1 is 1.12 bits per heavy atom. The molecule has 1 aromatic carbocycles. The molecule has 0 aliphatic carbocycles. The van der Waals surface area contributed by atoms with E-state index in [0.29, 0.717) is 31.3 Å². The molecule has 8 nitrogen and oxygen atoms in total. The van der Waals surface area contributed by atoms with Crippen molar-refractivity contribution in [3.63, 3.8) is 0 Å². The average Bonchev–Trinajstić information content (AvgIpc) is 2.83.